The van der Waals surface area contributed by atoms with E-state index in [2.05, 4.69) is 42.2 Å². The number of ether oxygens (including phenoxy) is 1. The van der Waals surface area contributed by atoms with E-state index >= 15 is 0 Å². The van der Waals surface area contributed by atoms with Crippen LogP contribution in [-0.2, 0) is 13.0 Å². The smallest absolute Gasteiger partial charge is 0.335 e. The molecule has 0 bridgehead atoms. The Hall–Kier alpha value is -3.27. The standard InChI is InChI=1S/C30H37NO3/c1-3-4-5-6-11-14-26-17-18-27(30(32)33)21-29(26)31(2)22-24-15-19-28(20-16-24)34-23-25-12-9-7-8-10-13-25/h7-10,12,15-21H,3-6,11,13-14,22-23H2,1-2H3,(H,32,33). The summed E-state index contributed by atoms with van der Waals surface area (Å²) in [6.07, 6.45) is 18.3. The van der Waals surface area contributed by atoms with Crippen LogP contribution in [0.15, 0.2) is 78.4 Å². The second kappa shape index (κ2) is 13.4. The number of unbranched alkanes of at least 4 members (excludes halogenated alkanes) is 4. The Morgan fingerprint density at radius 3 is 2.56 bits per heavy atom. The van der Waals surface area contributed by atoms with Crippen molar-refractivity contribution in [1.82, 2.24) is 0 Å². The van der Waals surface area contributed by atoms with E-state index in [-0.39, 0.29) is 0 Å². The van der Waals surface area contributed by atoms with Crippen LogP contribution in [0.1, 0.15) is 66.9 Å². The molecule has 0 radical (unpaired) electrons. The van der Waals surface area contributed by atoms with E-state index in [9.17, 15) is 9.90 Å². The average molecular weight is 460 g/mol. The van der Waals surface area contributed by atoms with Gasteiger partial charge in [-0.1, -0.05) is 81.2 Å². The van der Waals surface area contributed by atoms with Gasteiger partial charge in [0.25, 0.3) is 0 Å². The zero-order valence-electron chi connectivity index (χ0n) is 20.5. The van der Waals surface area contributed by atoms with Crippen molar-refractivity contribution in [2.45, 2.75) is 58.4 Å². The lowest BCUT2D eigenvalue weighted by molar-refractivity contribution is 0.0697. The number of hydrogen-bond acceptors (Lipinski definition) is 3. The number of allylic oxidation sites excluding steroid dienone is 5. The summed E-state index contributed by atoms with van der Waals surface area (Å²) in [5.41, 5.74) is 4.94. The monoisotopic (exact) mass is 459 g/mol. The summed E-state index contributed by atoms with van der Waals surface area (Å²) >= 11 is 0. The molecule has 34 heavy (non-hydrogen) atoms. The summed E-state index contributed by atoms with van der Waals surface area (Å²) in [5, 5.41) is 9.49. The maximum Gasteiger partial charge on any atom is 0.335 e. The third kappa shape index (κ3) is 7.95. The molecule has 0 fully saturated rings. The molecular formula is C30H37NO3. The maximum atomic E-state index is 11.6. The second-order valence-electron chi connectivity index (χ2n) is 8.94. The topological polar surface area (TPSA) is 49.8 Å². The van der Waals surface area contributed by atoms with Crippen LogP contribution >= 0.6 is 0 Å². The van der Waals surface area contributed by atoms with Gasteiger partial charge in [-0.25, -0.2) is 4.79 Å². The minimum Gasteiger partial charge on any atom is -0.489 e. The van der Waals surface area contributed by atoms with Gasteiger partial charge in [0.05, 0.1) is 5.56 Å². The quantitative estimate of drug-likeness (QED) is 0.318. The SMILES string of the molecule is CCCCCCCc1ccc(C(=O)O)cc1N(C)Cc1ccc(OCC2=CC=CC=CC2)cc1. The maximum absolute atomic E-state index is 11.6. The molecule has 0 aliphatic heterocycles. The molecule has 0 heterocycles. The van der Waals surface area contributed by atoms with Gasteiger partial charge in [-0.05, 0) is 60.2 Å². The first-order chi connectivity index (χ1) is 16.6. The lowest BCUT2D eigenvalue weighted by atomic mass is 10.0. The Morgan fingerprint density at radius 2 is 1.79 bits per heavy atom. The Bertz CT molecular complexity index is 1020. The molecule has 0 atom stereocenters. The molecule has 4 heteroatoms. The van der Waals surface area contributed by atoms with Crippen LogP contribution in [-0.4, -0.2) is 24.7 Å². The highest BCUT2D eigenvalue weighted by molar-refractivity contribution is 5.89. The molecule has 2 aromatic rings. The van der Waals surface area contributed by atoms with Crippen molar-refractivity contribution in [2.24, 2.45) is 0 Å². The van der Waals surface area contributed by atoms with Gasteiger partial charge in [-0.15, -0.1) is 0 Å². The fraction of sp³-hybridized carbons (Fsp3) is 0.367. The van der Waals surface area contributed by atoms with Crippen LogP contribution in [0.25, 0.3) is 0 Å². The van der Waals surface area contributed by atoms with Gasteiger partial charge in [0, 0.05) is 19.3 Å². The molecule has 3 rings (SSSR count). The first kappa shape index (κ1) is 25.4. The van der Waals surface area contributed by atoms with Gasteiger partial charge >= 0.3 is 5.97 Å². The molecule has 1 aliphatic carbocycles. The normalized spacial score (nSPS) is 12.8. The van der Waals surface area contributed by atoms with Crippen LogP contribution < -0.4 is 9.64 Å². The largest absolute Gasteiger partial charge is 0.489 e. The summed E-state index contributed by atoms with van der Waals surface area (Å²) < 4.78 is 5.96. The number of carboxylic acid groups (broad SMARTS) is 1. The molecule has 0 amide bonds. The molecule has 0 aromatic heterocycles. The molecule has 0 unspecified atom stereocenters. The highest BCUT2D eigenvalue weighted by atomic mass is 16.5. The van der Waals surface area contributed by atoms with E-state index in [1.165, 1.54) is 36.8 Å². The van der Waals surface area contributed by atoms with Crippen molar-refractivity contribution in [3.8, 4) is 5.75 Å². The minimum atomic E-state index is -0.889. The molecule has 0 saturated heterocycles. The fourth-order valence-electron chi connectivity index (χ4n) is 4.14. The summed E-state index contributed by atoms with van der Waals surface area (Å²) in [6, 6.07) is 13.7. The number of benzene rings is 2. The number of anilines is 1. The van der Waals surface area contributed by atoms with Gasteiger partial charge in [-0.3, -0.25) is 0 Å². The lowest BCUT2D eigenvalue weighted by Gasteiger charge is -2.23. The molecule has 0 spiro atoms. The van der Waals surface area contributed by atoms with Crippen LogP contribution in [0.2, 0.25) is 0 Å². The highest BCUT2D eigenvalue weighted by Gasteiger charge is 2.13. The third-order valence-corrected chi connectivity index (χ3v) is 6.13. The van der Waals surface area contributed by atoms with Crippen molar-refractivity contribution in [3.05, 3.63) is 95.1 Å². The zero-order valence-corrected chi connectivity index (χ0v) is 20.5. The summed E-state index contributed by atoms with van der Waals surface area (Å²) in [7, 11) is 2.03. The number of nitrogens with zero attached hydrogens (tertiary/aromatic N) is 1. The molecule has 2 aromatic carbocycles. The van der Waals surface area contributed by atoms with Crippen LogP contribution in [0.4, 0.5) is 5.69 Å². The van der Waals surface area contributed by atoms with E-state index in [1.807, 2.05) is 43.5 Å². The van der Waals surface area contributed by atoms with Crippen LogP contribution in [0.5, 0.6) is 5.75 Å². The van der Waals surface area contributed by atoms with E-state index in [1.54, 1.807) is 6.07 Å². The Kier molecular flexibility index (Phi) is 10.0. The predicted molar refractivity (Wildman–Crippen MR) is 141 cm³/mol. The number of aromatic carboxylic acids is 1. The Labute approximate surface area is 204 Å². The van der Waals surface area contributed by atoms with Gasteiger partial charge < -0.3 is 14.7 Å². The number of hydrogen-bond donors (Lipinski definition) is 1. The van der Waals surface area contributed by atoms with E-state index in [0.29, 0.717) is 18.7 Å². The third-order valence-electron chi connectivity index (χ3n) is 6.13. The molecule has 0 saturated carbocycles. The van der Waals surface area contributed by atoms with E-state index in [4.69, 9.17) is 4.74 Å². The van der Waals surface area contributed by atoms with Crippen LogP contribution in [0, 0.1) is 0 Å². The molecule has 1 aliphatic rings. The van der Waals surface area contributed by atoms with Gasteiger partial charge in [0.2, 0.25) is 0 Å². The molecule has 1 N–H and O–H groups in total. The predicted octanol–water partition coefficient (Wildman–Crippen LogP) is 7.36. The second-order valence-corrected chi connectivity index (χ2v) is 8.94. The van der Waals surface area contributed by atoms with Crippen LogP contribution in [0.3, 0.4) is 0 Å². The van der Waals surface area contributed by atoms with Crippen molar-refractivity contribution >= 4 is 11.7 Å². The van der Waals surface area contributed by atoms with E-state index < -0.39 is 5.97 Å². The van der Waals surface area contributed by atoms with Crippen molar-refractivity contribution in [2.75, 3.05) is 18.6 Å². The highest BCUT2D eigenvalue weighted by Crippen LogP contribution is 2.26. The Balaban J connectivity index is 1.62. The number of carboxylic acids is 1. The number of aryl methyl sites for hydroxylation is 1. The number of carbonyl (C=O) groups is 1. The molecule has 180 valence electrons. The molecule has 4 nitrogen and oxygen atoms in total. The van der Waals surface area contributed by atoms with Crippen molar-refractivity contribution < 1.29 is 14.6 Å². The van der Waals surface area contributed by atoms with E-state index in [0.717, 1.165) is 36.3 Å². The van der Waals surface area contributed by atoms with Crippen molar-refractivity contribution in [3.63, 3.8) is 0 Å². The lowest BCUT2D eigenvalue weighted by Crippen LogP contribution is -2.19. The average Bonchev–Trinajstić information content (AvgIpc) is 3.12. The summed E-state index contributed by atoms with van der Waals surface area (Å²) in [6.45, 7) is 3.51. The zero-order chi connectivity index (χ0) is 24.2. The summed E-state index contributed by atoms with van der Waals surface area (Å²) in [5.74, 6) is -0.0365. The first-order valence-corrected chi connectivity index (χ1v) is 12.4. The number of rotatable bonds is 13. The van der Waals surface area contributed by atoms with Gasteiger partial charge in [-0.2, -0.15) is 0 Å². The van der Waals surface area contributed by atoms with Gasteiger partial charge in [0.1, 0.15) is 12.4 Å². The van der Waals surface area contributed by atoms with Gasteiger partial charge in [0.15, 0.2) is 0 Å². The Morgan fingerprint density at radius 1 is 1.00 bits per heavy atom. The molecular weight excluding hydrogens is 422 g/mol. The first-order valence-electron chi connectivity index (χ1n) is 12.4. The minimum absolute atomic E-state index is 0.331. The van der Waals surface area contributed by atoms with Crippen molar-refractivity contribution in [1.29, 1.82) is 0 Å². The fourth-order valence-corrected chi connectivity index (χ4v) is 4.14. The summed E-state index contributed by atoms with van der Waals surface area (Å²) in [4.78, 5) is 13.7.